The zero-order chi connectivity index (χ0) is 15.9. The lowest BCUT2D eigenvalue weighted by Crippen LogP contribution is -2.15. The van der Waals surface area contributed by atoms with Gasteiger partial charge in [-0.2, -0.15) is 0 Å². The van der Waals surface area contributed by atoms with Crippen LogP contribution in [0.5, 0.6) is 0 Å². The summed E-state index contributed by atoms with van der Waals surface area (Å²) < 4.78 is 4.93. The van der Waals surface area contributed by atoms with Gasteiger partial charge in [-0.3, -0.25) is 9.59 Å². The van der Waals surface area contributed by atoms with Crippen molar-refractivity contribution in [1.29, 1.82) is 0 Å². The third-order valence-corrected chi connectivity index (χ3v) is 4.45. The SMILES string of the molecule is O=C(CSCc1ccc(Cl)c(Cl)c1)OCC(=O)c1ccc[nH]1. The molecule has 0 aliphatic carbocycles. The normalized spacial score (nSPS) is 10.5. The second kappa shape index (κ2) is 8.27. The fraction of sp³-hybridized carbons (Fsp3) is 0.200. The lowest BCUT2D eigenvalue weighted by molar-refractivity contribution is -0.139. The van der Waals surface area contributed by atoms with E-state index in [0.29, 0.717) is 21.5 Å². The van der Waals surface area contributed by atoms with Crippen molar-refractivity contribution in [3.05, 3.63) is 57.8 Å². The quantitative estimate of drug-likeness (QED) is 0.601. The maximum Gasteiger partial charge on any atom is 0.316 e. The zero-order valence-corrected chi connectivity index (χ0v) is 13.8. The van der Waals surface area contributed by atoms with Crippen LogP contribution in [0.25, 0.3) is 0 Å². The van der Waals surface area contributed by atoms with Crippen LogP contribution < -0.4 is 0 Å². The Bertz CT molecular complexity index is 659. The molecular weight excluding hydrogens is 345 g/mol. The highest BCUT2D eigenvalue weighted by Crippen LogP contribution is 2.24. The Balaban J connectivity index is 1.69. The number of carbonyl (C=O) groups is 2. The zero-order valence-electron chi connectivity index (χ0n) is 11.5. The van der Waals surface area contributed by atoms with Crippen LogP contribution in [0.2, 0.25) is 10.0 Å². The van der Waals surface area contributed by atoms with Crippen molar-refractivity contribution in [3.63, 3.8) is 0 Å². The monoisotopic (exact) mass is 357 g/mol. The number of nitrogens with one attached hydrogen (secondary N) is 1. The number of H-pyrrole nitrogens is 1. The van der Waals surface area contributed by atoms with E-state index in [1.807, 2.05) is 6.07 Å². The van der Waals surface area contributed by atoms with E-state index in [9.17, 15) is 9.59 Å². The number of ether oxygens (including phenoxy) is 1. The molecular formula is C15H13Cl2NO3S. The molecule has 0 aliphatic heterocycles. The van der Waals surface area contributed by atoms with Crippen LogP contribution in [-0.2, 0) is 15.3 Å². The predicted octanol–water partition coefficient (Wildman–Crippen LogP) is 3.98. The first-order valence-corrected chi connectivity index (χ1v) is 8.31. The van der Waals surface area contributed by atoms with E-state index in [0.717, 1.165) is 5.56 Å². The standard InChI is InChI=1S/C15H13Cl2NO3S/c16-11-4-3-10(6-12(11)17)8-22-9-15(20)21-7-14(19)13-2-1-5-18-13/h1-6,18H,7-9H2. The van der Waals surface area contributed by atoms with Crippen LogP contribution in [0.15, 0.2) is 36.5 Å². The topological polar surface area (TPSA) is 59.2 Å². The highest BCUT2D eigenvalue weighted by Gasteiger charge is 2.10. The van der Waals surface area contributed by atoms with Gasteiger partial charge in [0.05, 0.1) is 21.5 Å². The van der Waals surface area contributed by atoms with Gasteiger partial charge in [-0.15, -0.1) is 11.8 Å². The first-order valence-electron chi connectivity index (χ1n) is 6.40. The van der Waals surface area contributed by atoms with Crippen molar-refractivity contribution in [2.75, 3.05) is 12.4 Å². The molecule has 1 heterocycles. The molecule has 7 heteroatoms. The van der Waals surface area contributed by atoms with Crippen LogP contribution in [0, 0.1) is 0 Å². The van der Waals surface area contributed by atoms with Gasteiger partial charge in [0.15, 0.2) is 6.61 Å². The molecule has 1 aromatic carbocycles. The molecule has 0 saturated heterocycles. The summed E-state index contributed by atoms with van der Waals surface area (Å²) in [4.78, 5) is 26.0. The van der Waals surface area contributed by atoms with Crippen LogP contribution in [0.4, 0.5) is 0 Å². The minimum absolute atomic E-state index is 0.165. The number of carbonyl (C=O) groups excluding carboxylic acids is 2. The summed E-state index contributed by atoms with van der Waals surface area (Å²) in [6, 6.07) is 8.67. The summed E-state index contributed by atoms with van der Waals surface area (Å²) >= 11 is 13.1. The van der Waals surface area contributed by atoms with Crippen molar-refractivity contribution >= 4 is 46.7 Å². The molecule has 0 bridgehead atoms. The number of thioether (sulfide) groups is 1. The third kappa shape index (κ3) is 5.09. The maximum atomic E-state index is 11.6. The molecule has 0 radical (unpaired) electrons. The fourth-order valence-electron chi connectivity index (χ4n) is 1.65. The lowest BCUT2D eigenvalue weighted by Gasteiger charge is -2.05. The Labute approximate surface area is 142 Å². The summed E-state index contributed by atoms with van der Waals surface area (Å²) in [6.07, 6.45) is 1.64. The summed E-state index contributed by atoms with van der Waals surface area (Å²) in [6.45, 7) is -0.257. The Hall–Kier alpha value is -1.43. The fourth-order valence-corrected chi connectivity index (χ4v) is 2.74. The molecule has 116 valence electrons. The number of halogens is 2. The molecule has 4 nitrogen and oxygen atoms in total. The molecule has 1 N–H and O–H groups in total. The van der Waals surface area contributed by atoms with E-state index in [1.165, 1.54) is 11.8 Å². The number of aromatic nitrogens is 1. The minimum Gasteiger partial charge on any atom is -0.457 e. The number of hydrogen-bond donors (Lipinski definition) is 1. The highest BCUT2D eigenvalue weighted by molar-refractivity contribution is 7.99. The van der Waals surface area contributed by atoms with Crippen molar-refractivity contribution in [1.82, 2.24) is 4.98 Å². The molecule has 22 heavy (non-hydrogen) atoms. The molecule has 0 spiro atoms. The van der Waals surface area contributed by atoms with E-state index in [2.05, 4.69) is 4.98 Å². The summed E-state index contributed by atoms with van der Waals surface area (Å²) in [5.41, 5.74) is 1.39. The molecule has 0 unspecified atom stereocenters. The van der Waals surface area contributed by atoms with Crippen molar-refractivity contribution in [3.8, 4) is 0 Å². The van der Waals surface area contributed by atoms with Crippen molar-refractivity contribution in [2.45, 2.75) is 5.75 Å². The second-order valence-electron chi connectivity index (χ2n) is 4.41. The Kier molecular flexibility index (Phi) is 6.36. The predicted molar refractivity (Wildman–Crippen MR) is 88.7 cm³/mol. The van der Waals surface area contributed by atoms with Gasteiger partial charge in [-0.25, -0.2) is 0 Å². The van der Waals surface area contributed by atoms with Gasteiger partial charge in [0.25, 0.3) is 0 Å². The molecule has 2 aromatic rings. The number of esters is 1. The van der Waals surface area contributed by atoms with Gasteiger partial charge in [-0.05, 0) is 29.8 Å². The average Bonchev–Trinajstić information content (AvgIpc) is 3.03. The number of Topliss-reactive ketones (excluding diaryl/α,β-unsaturated/α-hetero) is 1. The number of aromatic amines is 1. The Morgan fingerprint density at radius 1 is 1.18 bits per heavy atom. The highest BCUT2D eigenvalue weighted by atomic mass is 35.5. The molecule has 2 rings (SSSR count). The largest absolute Gasteiger partial charge is 0.457 e. The first-order chi connectivity index (χ1) is 10.6. The smallest absolute Gasteiger partial charge is 0.316 e. The Morgan fingerprint density at radius 2 is 2.00 bits per heavy atom. The lowest BCUT2D eigenvalue weighted by atomic mass is 10.2. The second-order valence-corrected chi connectivity index (χ2v) is 6.21. The van der Waals surface area contributed by atoms with E-state index in [1.54, 1.807) is 30.5 Å². The molecule has 0 fully saturated rings. The van der Waals surface area contributed by atoms with Crippen molar-refractivity contribution < 1.29 is 14.3 Å². The van der Waals surface area contributed by atoms with Gasteiger partial charge in [0, 0.05) is 11.9 Å². The number of ketones is 1. The van der Waals surface area contributed by atoms with Gasteiger partial charge in [-0.1, -0.05) is 29.3 Å². The minimum atomic E-state index is -0.426. The van der Waals surface area contributed by atoms with Crippen LogP contribution >= 0.6 is 35.0 Å². The van der Waals surface area contributed by atoms with Crippen LogP contribution in [-0.4, -0.2) is 29.1 Å². The molecule has 0 atom stereocenters. The van der Waals surface area contributed by atoms with Crippen LogP contribution in [0.1, 0.15) is 16.1 Å². The number of hydrogen-bond acceptors (Lipinski definition) is 4. The average molecular weight is 358 g/mol. The summed E-state index contributed by atoms with van der Waals surface area (Å²) in [5.74, 6) is 0.0900. The van der Waals surface area contributed by atoms with E-state index in [-0.39, 0.29) is 18.1 Å². The van der Waals surface area contributed by atoms with E-state index >= 15 is 0 Å². The maximum absolute atomic E-state index is 11.6. The Morgan fingerprint density at radius 3 is 2.68 bits per heavy atom. The van der Waals surface area contributed by atoms with E-state index < -0.39 is 5.97 Å². The van der Waals surface area contributed by atoms with Crippen LogP contribution in [0.3, 0.4) is 0 Å². The number of rotatable bonds is 7. The van der Waals surface area contributed by atoms with Gasteiger partial charge in [0.1, 0.15) is 0 Å². The third-order valence-electron chi connectivity index (χ3n) is 2.74. The summed E-state index contributed by atoms with van der Waals surface area (Å²) in [7, 11) is 0. The van der Waals surface area contributed by atoms with Gasteiger partial charge < -0.3 is 9.72 Å². The molecule has 0 saturated carbocycles. The molecule has 1 aromatic heterocycles. The first kappa shape index (κ1) is 16.9. The van der Waals surface area contributed by atoms with Crippen molar-refractivity contribution in [2.24, 2.45) is 0 Å². The summed E-state index contributed by atoms with van der Waals surface area (Å²) in [5, 5.41) is 0.983. The van der Waals surface area contributed by atoms with Gasteiger partial charge in [0.2, 0.25) is 5.78 Å². The number of benzene rings is 1. The van der Waals surface area contributed by atoms with Gasteiger partial charge >= 0.3 is 5.97 Å². The van der Waals surface area contributed by atoms with E-state index in [4.69, 9.17) is 27.9 Å². The molecule has 0 amide bonds. The molecule has 0 aliphatic rings.